The number of aromatic nitrogens is 2. The summed E-state index contributed by atoms with van der Waals surface area (Å²) >= 11 is 1.17. The summed E-state index contributed by atoms with van der Waals surface area (Å²) in [5.41, 5.74) is 10.4. The average Bonchev–Trinajstić information content (AvgIpc) is 2.43. The monoisotopic (exact) mass is 283 g/mol. The van der Waals surface area contributed by atoms with Crippen LogP contribution < -0.4 is 17.0 Å². The quantitative estimate of drug-likeness (QED) is 0.532. The van der Waals surface area contributed by atoms with Crippen LogP contribution in [-0.2, 0) is 4.79 Å². The van der Waals surface area contributed by atoms with E-state index in [1.807, 2.05) is 4.90 Å². The fraction of sp³-hybridized carbons (Fsp3) is 0.545. The van der Waals surface area contributed by atoms with Crippen LogP contribution in [0.3, 0.4) is 0 Å². The largest absolute Gasteiger partial charge is 0.391 e. The molecule has 2 heterocycles. The van der Waals surface area contributed by atoms with Crippen LogP contribution in [0.2, 0.25) is 0 Å². The summed E-state index contributed by atoms with van der Waals surface area (Å²) in [7, 11) is 0. The maximum atomic E-state index is 11.9. The van der Waals surface area contributed by atoms with Crippen molar-refractivity contribution < 1.29 is 4.79 Å². The van der Waals surface area contributed by atoms with Crippen molar-refractivity contribution >= 4 is 29.2 Å². The highest BCUT2D eigenvalue weighted by atomic mass is 32.2. The Labute approximate surface area is 114 Å². The van der Waals surface area contributed by atoms with Crippen molar-refractivity contribution in [2.24, 2.45) is 0 Å². The number of piperidine rings is 1. The van der Waals surface area contributed by atoms with Gasteiger partial charge in [-0.1, -0.05) is 11.8 Å². The molecule has 0 radical (unpaired) electrons. The predicted octanol–water partition coefficient (Wildman–Crippen LogP) is 0.0389. The minimum Gasteiger partial charge on any atom is -0.391 e. The lowest BCUT2D eigenvalue weighted by Crippen LogP contribution is -2.36. The van der Waals surface area contributed by atoms with Crippen molar-refractivity contribution in [2.75, 3.05) is 30.3 Å². The van der Waals surface area contributed by atoms with Crippen LogP contribution in [0.5, 0.6) is 0 Å². The van der Waals surface area contributed by atoms with E-state index in [1.54, 1.807) is 0 Å². The molecule has 7 nitrogen and oxygen atoms in total. The van der Waals surface area contributed by atoms with Gasteiger partial charge in [0.15, 0.2) is 11.0 Å². The average molecular weight is 283 g/mol. The predicted molar refractivity (Wildman–Crippen MR) is 74.8 cm³/mol. The topological polar surface area (TPSA) is 118 Å². The van der Waals surface area contributed by atoms with Crippen molar-refractivity contribution in [1.82, 2.24) is 14.9 Å². The molecule has 0 atom stereocenters. The van der Waals surface area contributed by atoms with Crippen molar-refractivity contribution in [1.29, 1.82) is 0 Å². The zero-order valence-electron chi connectivity index (χ0n) is 10.5. The van der Waals surface area contributed by atoms with Gasteiger partial charge in [-0.25, -0.2) is 4.98 Å². The molecule has 0 spiro atoms. The molecular weight excluding hydrogens is 266 g/mol. The Kier molecular flexibility index (Phi) is 4.31. The highest BCUT2D eigenvalue weighted by Crippen LogP contribution is 2.17. The van der Waals surface area contributed by atoms with Crippen LogP contribution >= 0.6 is 11.8 Å². The van der Waals surface area contributed by atoms with E-state index in [-0.39, 0.29) is 23.2 Å². The lowest BCUT2D eigenvalue weighted by molar-refractivity contribution is -0.129. The van der Waals surface area contributed by atoms with Gasteiger partial charge in [0.05, 0.1) is 5.75 Å². The molecule has 8 heteroatoms. The number of aromatic amines is 1. The maximum Gasteiger partial charge on any atom is 0.276 e. The van der Waals surface area contributed by atoms with Gasteiger partial charge in [-0.15, -0.1) is 0 Å². The highest BCUT2D eigenvalue weighted by Gasteiger charge is 2.17. The third-order valence-corrected chi connectivity index (χ3v) is 3.86. The molecule has 0 saturated carbocycles. The number of hydrogen-bond acceptors (Lipinski definition) is 6. The fourth-order valence-corrected chi connectivity index (χ4v) is 2.68. The fourth-order valence-electron chi connectivity index (χ4n) is 1.91. The first-order valence-electron chi connectivity index (χ1n) is 6.14. The Hall–Kier alpha value is -1.70. The maximum absolute atomic E-state index is 11.9. The number of carbonyl (C=O) groups excluding carboxylic acids is 1. The molecule has 1 aromatic rings. The second-order valence-corrected chi connectivity index (χ2v) is 5.36. The molecule has 104 valence electrons. The summed E-state index contributed by atoms with van der Waals surface area (Å²) in [6, 6.07) is 0. The van der Waals surface area contributed by atoms with E-state index in [0.717, 1.165) is 25.9 Å². The normalized spacial score (nSPS) is 15.5. The minimum absolute atomic E-state index is 0.00308. The molecule has 5 N–H and O–H groups in total. The lowest BCUT2D eigenvalue weighted by Gasteiger charge is -2.26. The number of likely N-dealkylation sites (tertiary alicyclic amines) is 1. The van der Waals surface area contributed by atoms with E-state index < -0.39 is 5.56 Å². The van der Waals surface area contributed by atoms with Gasteiger partial charge in [0, 0.05) is 13.1 Å². The number of hydrogen-bond donors (Lipinski definition) is 3. The van der Waals surface area contributed by atoms with Crippen LogP contribution in [0.4, 0.5) is 11.5 Å². The minimum atomic E-state index is -0.472. The SMILES string of the molecule is Nc1nc(SCC(=O)N2CCCCC2)[nH]c(=O)c1N. The molecule has 1 fully saturated rings. The molecule has 19 heavy (non-hydrogen) atoms. The molecule has 1 aromatic heterocycles. The van der Waals surface area contributed by atoms with Crippen molar-refractivity contribution in [3.63, 3.8) is 0 Å². The number of nitrogen functional groups attached to an aromatic ring is 2. The lowest BCUT2D eigenvalue weighted by atomic mass is 10.1. The molecule has 0 bridgehead atoms. The van der Waals surface area contributed by atoms with Gasteiger partial charge < -0.3 is 16.4 Å². The molecular formula is C11H17N5O2S. The highest BCUT2D eigenvalue weighted by molar-refractivity contribution is 7.99. The van der Waals surface area contributed by atoms with E-state index >= 15 is 0 Å². The summed E-state index contributed by atoms with van der Waals surface area (Å²) in [6.45, 7) is 1.63. The van der Waals surface area contributed by atoms with Crippen LogP contribution in [0.15, 0.2) is 9.95 Å². The van der Waals surface area contributed by atoms with E-state index in [2.05, 4.69) is 9.97 Å². The third-order valence-electron chi connectivity index (χ3n) is 3.00. The van der Waals surface area contributed by atoms with Gasteiger partial charge in [-0.2, -0.15) is 0 Å². The Morgan fingerprint density at radius 3 is 2.63 bits per heavy atom. The number of amides is 1. The van der Waals surface area contributed by atoms with Gasteiger partial charge in [0.25, 0.3) is 5.56 Å². The molecule has 1 aliphatic heterocycles. The molecule has 0 aromatic carbocycles. The van der Waals surface area contributed by atoms with E-state index in [9.17, 15) is 9.59 Å². The Bertz CT molecular complexity index is 524. The van der Waals surface area contributed by atoms with Crippen LogP contribution in [0.25, 0.3) is 0 Å². The number of thioether (sulfide) groups is 1. The van der Waals surface area contributed by atoms with Crippen molar-refractivity contribution in [3.8, 4) is 0 Å². The zero-order valence-corrected chi connectivity index (χ0v) is 11.3. The number of nitrogens with one attached hydrogen (secondary N) is 1. The zero-order chi connectivity index (χ0) is 13.8. The first-order chi connectivity index (χ1) is 9.08. The van der Waals surface area contributed by atoms with Gasteiger partial charge in [-0.3, -0.25) is 14.6 Å². The molecule has 2 rings (SSSR count). The molecule has 1 saturated heterocycles. The summed E-state index contributed by atoms with van der Waals surface area (Å²) in [5.74, 6) is 0.297. The number of rotatable bonds is 3. The summed E-state index contributed by atoms with van der Waals surface area (Å²) < 4.78 is 0. The van der Waals surface area contributed by atoms with Gasteiger partial charge in [0.1, 0.15) is 5.69 Å². The summed E-state index contributed by atoms with van der Waals surface area (Å²) in [6.07, 6.45) is 3.29. The third kappa shape index (κ3) is 3.40. The molecule has 0 unspecified atom stereocenters. The number of carbonyl (C=O) groups is 1. The van der Waals surface area contributed by atoms with E-state index in [4.69, 9.17) is 11.5 Å². The Morgan fingerprint density at radius 2 is 2.00 bits per heavy atom. The van der Waals surface area contributed by atoms with Crippen molar-refractivity contribution in [3.05, 3.63) is 10.4 Å². The van der Waals surface area contributed by atoms with Gasteiger partial charge >= 0.3 is 0 Å². The van der Waals surface area contributed by atoms with E-state index in [1.165, 1.54) is 18.2 Å². The molecule has 1 aliphatic rings. The van der Waals surface area contributed by atoms with Crippen LogP contribution in [0, 0.1) is 0 Å². The van der Waals surface area contributed by atoms with Gasteiger partial charge in [0.2, 0.25) is 5.91 Å². The number of H-pyrrole nitrogens is 1. The first kappa shape index (κ1) is 13.7. The summed E-state index contributed by atoms with van der Waals surface area (Å²) in [4.78, 5) is 31.6. The van der Waals surface area contributed by atoms with Gasteiger partial charge in [-0.05, 0) is 19.3 Å². The Morgan fingerprint density at radius 1 is 1.32 bits per heavy atom. The first-order valence-corrected chi connectivity index (χ1v) is 7.12. The second-order valence-electron chi connectivity index (χ2n) is 4.40. The number of anilines is 2. The van der Waals surface area contributed by atoms with Crippen molar-refractivity contribution in [2.45, 2.75) is 24.4 Å². The second kappa shape index (κ2) is 5.96. The molecule has 1 amide bonds. The number of nitrogens with two attached hydrogens (primary N) is 2. The summed E-state index contributed by atoms with van der Waals surface area (Å²) in [5, 5.41) is 0.321. The van der Waals surface area contributed by atoms with Crippen LogP contribution in [-0.4, -0.2) is 39.6 Å². The number of nitrogens with zero attached hydrogens (tertiary/aromatic N) is 2. The van der Waals surface area contributed by atoms with E-state index in [0.29, 0.717) is 5.16 Å². The Balaban J connectivity index is 1.95. The standard InChI is InChI=1S/C11H17N5O2S/c12-8-9(13)14-11(15-10(8)18)19-6-7(17)16-4-2-1-3-5-16/h1-6,12H2,(H3,13,14,15,18). The smallest absolute Gasteiger partial charge is 0.276 e. The molecule has 0 aliphatic carbocycles. The van der Waals surface area contributed by atoms with Crippen LogP contribution in [0.1, 0.15) is 19.3 Å².